The molecule has 2 saturated carbocycles. The lowest BCUT2D eigenvalue weighted by Gasteiger charge is -2.49. The summed E-state index contributed by atoms with van der Waals surface area (Å²) in [5.74, 6) is -8.48. The van der Waals surface area contributed by atoms with Crippen LogP contribution in [0.15, 0.2) is 12.5 Å². The predicted octanol–water partition coefficient (Wildman–Crippen LogP) is -8.67. The van der Waals surface area contributed by atoms with E-state index in [1.165, 1.54) is 12.5 Å². The summed E-state index contributed by atoms with van der Waals surface area (Å²) in [5.41, 5.74) is -0.824. The lowest BCUT2D eigenvalue weighted by Crippen LogP contribution is -2.63. The van der Waals surface area contributed by atoms with Gasteiger partial charge in [-0.15, -0.1) is 0 Å². The summed E-state index contributed by atoms with van der Waals surface area (Å²) >= 11 is 0. The van der Waals surface area contributed by atoms with E-state index < -0.39 is 128 Å². The first-order chi connectivity index (χ1) is 41.9. The number of amides is 3. The fourth-order valence-corrected chi connectivity index (χ4v) is 10.2. The quantitative estimate of drug-likeness (QED) is 0.0199. The zero-order valence-electron chi connectivity index (χ0n) is 49.0. The molecule has 0 aromatic rings. The predicted molar refractivity (Wildman–Crippen MR) is 289 cm³/mol. The van der Waals surface area contributed by atoms with Crippen LogP contribution in [0.4, 0.5) is 0 Å². The molecule has 3 heterocycles. The second kappa shape index (κ2) is 39.2. The number of aliphatic hydroxyl groups excluding tert-OH is 10. The highest BCUT2D eigenvalue weighted by atomic mass is 16.8. The van der Waals surface area contributed by atoms with Crippen LogP contribution in [0.25, 0.3) is 0 Å². The van der Waals surface area contributed by atoms with Gasteiger partial charge in [0.15, 0.2) is 30.4 Å². The second-order valence-corrected chi connectivity index (χ2v) is 21.1. The molecule has 0 spiro atoms. The van der Waals surface area contributed by atoms with Crippen molar-refractivity contribution in [2.75, 3.05) is 172 Å². The van der Waals surface area contributed by atoms with Gasteiger partial charge in [-0.2, -0.15) is 0 Å². The third-order valence-corrected chi connectivity index (χ3v) is 15.3. The van der Waals surface area contributed by atoms with E-state index in [0.29, 0.717) is 6.42 Å². The smallest absolute Gasteiger partial charge is 0.222 e. The summed E-state index contributed by atoms with van der Waals surface area (Å²) in [4.78, 5) is 37.7. The van der Waals surface area contributed by atoms with Gasteiger partial charge in [0.2, 0.25) is 17.7 Å². The number of carbonyl (C=O) groups excluding carboxylic acids is 3. The average Bonchev–Trinajstić information content (AvgIpc) is 1.61. The Balaban J connectivity index is 0.898. The summed E-state index contributed by atoms with van der Waals surface area (Å²) < 4.78 is 82.5. The van der Waals surface area contributed by atoms with Crippen LogP contribution in [0.1, 0.15) is 25.7 Å². The van der Waals surface area contributed by atoms with Crippen molar-refractivity contribution in [2.24, 2.45) is 23.7 Å². The number of likely N-dealkylation sites (N-methyl/N-ethyl adjacent to an activating group) is 1. The maximum Gasteiger partial charge on any atom is 0.222 e. The second-order valence-electron chi connectivity index (χ2n) is 21.1. The van der Waals surface area contributed by atoms with Crippen molar-refractivity contribution in [1.82, 2.24) is 21.3 Å². The molecule has 5 fully saturated rings. The van der Waals surface area contributed by atoms with Crippen LogP contribution in [-0.4, -0.2) is 336 Å². The van der Waals surface area contributed by atoms with Crippen LogP contribution in [0.5, 0.6) is 0 Å². The van der Waals surface area contributed by atoms with Crippen molar-refractivity contribution in [3.63, 3.8) is 0 Å². The van der Waals surface area contributed by atoms with Crippen LogP contribution in [-0.2, 0) is 85.4 Å². The highest BCUT2D eigenvalue weighted by Crippen LogP contribution is 2.54. The molecule has 34 nitrogen and oxygen atoms in total. The van der Waals surface area contributed by atoms with E-state index in [2.05, 4.69) is 21.3 Å². The molecule has 18 atom stereocenters. The van der Waals surface area contributed by atoms with E-state index in [9.17, 15) is 75.7 Å². The summed E-state index contributed by atoms with van der Waals surface area (Å²) in [7, 11) is 1.71. The fraction of sp³-hybridized carbons (Fsp3) is 0.906. The number of carbonyl (C=O) groups is 3. The molecule has 3 saturated heterocycles. The number of rotatable bonds is 49. The normalized spacial score (nSPS) is 32.4. The zero-order chi connectivity index (χ0) is 63.2. The van der Waals surface area contributed by atoms with E-state index in [1.807, 2.05) is 0 Å². The SMILES string of the molecule is CNC(CCOCCC(=O)NCCO/C=C/OCCO[C@H]1OC2(O)C1C(O)[C@H](O)C2CO)(COCCC(=O)NCCOCCOCCO[C@H]1OC(CO)[C@@H](O)C(O)C1O)COCCC(=O)NCCOCCOCCO[C@H]1OC2(O)C1C(O)[C@H](O)C2CO. The van der Waals surface area contributed by atoms with E-state index in [0.717, 1.165) is 0 Å². The van der Waals surface area contributed by atoms with E-state index in [-0.39, 0.29) is 182 Å². The van der Waals surface area contributed by atoms with Gasteiger partial charge in [0.25, 0.3) is 0 Å². The summed E-state index contributed by atoms with van der Waals surface area (Å²) in [6.07, 6.45) is -11.1. The molecule has 3 amide bonds. The van der Waals surface area contributed by atoms with E-state index in [1.54, 1.807) is 7.05 Å². The fourth-order valence-electron chi connectivity index (χ4n) is 10.2. The third kappa shape index (κ3) is 22.2. The Bertz CT molecular complexity index is 1980. The Morgan fingerprint density at radius 1 is 0.448 bits per heavy atom. The standard InChI is InChI=1S/C53H94N4O30/c1-54-51(32-81-11-4-38(63)57-8-15-76-18-21-79-24-27-84-50-47(70)46(69)43(66)35(30-60)85-50,31-80-10-3-37(62)56-7-14-75-17-20-78-23-26-83-49-40-45(68)42(65)34(29-59)53(40,72)87-49)5-12-73-9-2-36(61)55-6-13-74-16-19-77-22-25-82-48-39-44(67)41(64)33(28-58)52(39,71)86-48/h16,19,33-35,39-50,54,58-60,64-72H,2-15,17-18,20-32H2,1H3,(H,55,61)(H,56,62)(H,57,63)/b19-16+/t33?,34?,35?,39?,40?,41-,42-,43-,44?,45?,46?,47?,48+,49+,50+,51?,52?,53?/m1/s1. The number of aliphatic hydroxyl groups is 12. The van der Waals surface area contributed by atoms with Crippen LogP contribution in [0.3, 0.4) is 0 Å². The monoisotopic (exact) mass is 1270 g/mol. The van der Waals surface area contributed by atoms with Gasteiger partial charge in [0.05, 0.1) is 186 Å². The van der Waals surface area contributed by atoms with E-state index >= 15 is 0 Å². The lowest BCUT2D eigenvalue weighted by atomic mass is 9.89. The van der Waals surface area contributed by atoms with Crippen LogP contribution in [0, 0.1) is 23.7 Å². The minimum absolute atomic E-state index is 0.0110. The Morgan fingerprint density at radius 3 is 1.31 bits per heavy atom. The van der Waals surface area contributed by atoms with Crippen molar-refractivity contribution >= 4 is 17.7 Å². The van der Waals surface area contributed by atoms with Gasteiger partial charge in [-0.3, -0.25) is 14.4 Å². The van der Waals surface area contributed by atoms with Crippen molar-refractivity contribution < 1.29 is 147 Å². The number of nitrogens with one attached hydrogen (secondary N) is 4. The third-order valence-electron chi connectivity index (χ3n) is 15.3. The van der Waals surface area contributed by atoms with Gasteiger partial charge in [-0.1, -0.05) is 0 Å². The molecule has 87 heavy (non-hydrogen) atoms. The maximum atomic E-state index is 12.6. The number of hydrogen-bond donors (Lipinski definition) is 16. The Kier molecular flexibility index (Phi) is 33.5. The number of ether oxygens (including phenoxy) is 15. The summed E-state index contributed by atoms with van der Waals surface area (Å²) in [5, 5.41) is 131. The molecule has 3 aliphatic heterocycles. The van der Waals surface area contributed by atoms with Gasteiger partial charge in [0, 0.05) is 39.0 Å². The van der Waals surface area contributed by atoms with Gasteiger partial charge in [0.1, 0.15) is 50.2 Å². The first kappa shape index (κ1) is 74.4. The largest absolute Gasteiger partial charge is 0.496 e. The number of fused-ring (bicyclic) bond motifs is 2. The van der Waals surface area contributed by atoms with E-state index in [4.69, 9.17) is 71.1 Å². The van der Waals surface area contributed by atoms with Gasteiger partial charge >= 0.3 is 0 Å². The summed E-state index contributed by atoms with van der Waals surface area (Å²) in [6, 6.07) is 0. The van der Waals surface area contributed by atoms with Gasteiger partial charge in [-0.05, 0) is 13.5 Å². The molecule has 16 N–H and O–H groups in total. The van der Waals surface area contributed by atoms with Gasteiger partial charge < -0.3 is 154 Å². The highest BCUT2D eigenvalue weighted by molar-refractivity contribution is 5.76. The first-order valence-electron chi connectivity index (χ1n) is 29.2. The Hall–Kier alpha value is -3.29. The Labute approximate surface area is 503 Å². The molecule has 12 unspecified atom stereocenters. The molecule has 0 aromatic heterocycles. The lowest BCUT2D eigenvalue weighted by molar-refractivity contribution is -0.439. The molecule has 5 aliphatic rings. The highest BCUT2D eigenvalue weighted by Gasteiger charge is 2.72. The van der Waals surface area contributed by atoms with Crippen molar-refractivity contribution in [3.8, 4) is 0 Å². The van der Waals surface area contributed by atoms with Crippen molar-refractivity contribution in [1.29, 1.82) is 0 Å². The first-order valence-corrected chi connectivity index (χ1v) is 29.2. The van der Waals surface area contributed by atoms with Crippen LogP contribution in [0.2, 0.25) is 0 Å². The topological polar surface area (TPSA) is 481 Å². The molecule has 0 aromatic carbocycles. The minimum atomic E-state index is -1.87. The molecular weight excluding hydrogens is 1170 g/mol. The molecule has 34 heteroatoms. The zero-order valence-corrected chi connectivity index (χ0v) is 49.0. The Morgan fingerprint density at radius 2 is 0.851 bits per heavy atom. The molecule has 506 valence electrons. The van der Waals surface area contributed by atoms with Crippen LogP contribution < -0.4 is 21.3 Å². The minimum Gasteiger partial charge on any atom is -0.496 e. The molecule has 5 rings (SSSR count). The van der Waals surface area contributed by atoms with Crippen LogP contribution >= 0.6 is 0 Å². The average molecular weight is 1270 g/mol. The maximum absolute atomic E-state index is 12.6. The number of hydrogen-bond acceptors (Lipinski definition) is 31. The van der Waals surface area contributed by atoms with Crippen molar-refractivity contribution in [3.05, 3.63) is 12.5 Å². The summed E-state index contributed by atoms with van der Waals surface area (Å²) in [6.45, 7) is 1.35. The van der Waals surface area contributed by atoms with Crippen molar-refractivity contribution in [2.45, 2.75) is 110 Å². The molecule has 2 aliphatic carbocycles. The molecule has 0 radical (unpaired) electrons. The molecule has 0 bridgehead atoms. The molecular formula is C53H94N4O30. The van der Waals surface area contributed by atoms with Gasteiger partial charge in [-0.25, -0.2) is 0 Å².